The maximum Gasteiger partial charge on any atom is 0.260 e. The molecule has 3 aliphatic rings. The molecule has 0 radical (unpaired) electrons. The van der Waals surface area contributed by atoms with E-state index in [2.05, 4.69) is 15.3 Å². The number of carbonyl (C=O) groups excluding carboxylic acids is 1. The molecule has 0 spiro atoms. The third-order valence-corrected chi connectivity index (χ3v) is 6.97. The molecule has 188 valence electrons. The number of amides is 1. The van der Waals surface area contributed by atoms with Crippen molar-refractivity contribution >= 4 is 22.9 Å². The Kier molecular flexibility index (Phi) is 5.08. The minimum atomic E-state index is 0.0743. The second-order valence-electron chi connectivity index (χ2n) is 9.63. The van der Waals surface area contributed by atoms with Gasteiger partial charge in [0.15, 0.2) is 11.6 Å². The Morgan fingerprint density at radius 1 is 1.05 bits per heavy atom. The Morgan fingerprint density at radius 2 is 1.97 bits per heavy atom. The number of hydrogen-bond donors (Lipinski definition) is 2. The molecule has 1 aliphatic carbocycles. The van der Waals surface area contributed by atoms with Crippen LogP contribution < -0.4 is 14.8 Å². The first-order valence-corrected chi connectivity index (χ1v) is 12.5. The van der Waals surface area contributed by atoms with Crippen LogP contribution in [0.5, 0.6) is 17.4 Å². The number of aromatic hydroxyl groups is 1. The van der Waals surface area contributed by atoms with E-state index < -0.39 is 0 Å². The zero-order valence-electron chi connectivity index (χ0n) is 20.0. The number of nitrogens with one attached hydrogen (secondary N) is 1. The van der Waals surface area contributed by atoms with Gasteiger partial charge in [0.2, 0.25) is 18.6 Å². The van der Waals surface area contributed by atoms with Gasteiger partial charge in [0.25, 0.3) is 5.88 Å². The number of fused-ring (bicyclic) bond motifs is 2. The zero-order valence-corrected chi connectivity index (χ0v) is 20.0. The number of anilines is 1. The molecule has 2 N–H and O–H groups in total. The summed E-state index contributed by atoms with van der Waals surface area (Å²) in [5, 5.41) is 13.7. The number of phenolic OH excluding ortho intramolecular Hbond substituents is 1. The number of aromatic nitrogens is 5. The summed E-state index contributed by atoms with van der Waals surface area (Å²) in [6.45, 7) is 1.59. The van der Waals surface area contributed by atoms with Crippen LogP contribution in [-0.4, -0.2) is 66.3 Å². The van der Waals surface area contributed by atoms with Gasteiger partial charge in [-0.25, -0.2) is 15.0 Å². The Balaban J connectivity index is 1.24. The fourth-order valence-electron chi connectivity index (χ4n) is 4.99. The Morgan fingerprint density at radius 3 is 2.86 bits per heavy atom. The van der Waals surface area contributed by atoms with E-state index >= 15 is 0 Å². The van der Waals surface area contributed by atoms with Gasteiger partial charge >= 0.3 is 0 Å². The number of hydrogen-bond acceptors (Lipinski definition) is 9. The average molecular weight is 500 g/mol. The second-order valence-corrected chi connectivity index (χ2v) is 9.63. The van der Waals surface area contributed by atoms with Gasteiger partial charge in [-0.05, 0) is 56.0 Å². The van der Waals surface area contributed by atoms with Gasteiger partial charge in [-0.2, -0.15) is 4.98 Å². The van der Waals surface area contributed by atoms with Crippen LogP contribution in [-0.2, 0) is 4.79 Å². The zero-order chi connectivity index (χ0) is 24.9. The van der Waals surface area contributed by atoms with Crippen molar-refractivity contribution in [3.05, 3.63) is 42.6 Å². The smallest absolute Gasteiger partial charge is 0.260 e. The summed E-state index contributed by atoms with van der Waals surface area (Å²) >= 11 is 0. The molecule has 1 amide bonds. The SMILES string of the molecule is O=C(C1CC1)N1CCC[C@H](Nc2nccc(-n3c(-c4ccc5c(n4)OCO5)nc4ccc(O)cc43)n2)C1. The number of imidazole rings is 1. The number of rotatable bonds is 5. The molecule has 0 bridgehead atoms. The maximum atomic E-state index is 12.6. The van der Waals surface area contributed by atoms with E-state index in [9.17, 15) is 9.90 Å². The molecule has 37 heavy (non-hydrogen) atoms. The molecule has 1 atom stereocenters. The molecule has 4 aromatic rings. The fourth-order valence-corrected chi connectivity index (χ4v) is 4.99. The number of phenols is 1. The van der Waals surface area contributed by atoms with E-state index in [4.69, 9.17) is 19.4 Å². The molecule has 3 aromatic heterocycles. The lowest BCUT2D eigenvalue weighted by Crippen LogP contribution is -2.45. The number of carbonyl (C=O) groups is 1. The molecule has 2 aliphatic heterocycles. The first-order valence-electron chi connectivity index (χ1n) is 12.5. The molecule has 1 saturated carbocycles. The van der Waals surface area contributed by atoms with E-state index in [1.807, 2.05) is 15.5 Å². The van der Waals surface area contributed by atoms with Crippen LogP contribution in [0.25, 0.3) is 28.4 Å². The van der Waals surface area contributed by atoms with Gasteiger partial charge in [0.05, 0.1) is 11.0 Å². The van der Waals surface area contributed by atoms with Gasteiger partial charge in [-0.1, -0.05) is 0 Å². The van der Waals surface area contributed by atoms with Crippen LogP contribution in [0, 0.1) is 5.92 Å². The van der Waals surface area contributed by atoms with Gasteiger partial charge < -0.3 is 24.8 Å². The lowest BCUT2D eigenvalue weighted by Gasteiger charge is -2.33. The summed E-state index contributed by atoms with van der Waals surface area (Å²) in [4.78, 5) is 33.2. The summed E-state index contributed by atoms with van der Waals surface area (Å²) in [6, 6.07) is 10.5. The quantitative estimate of drug-likeness (QED) is 0.426. The molecule has 1 saturated heterocycles. The van der Waals surface area contributed by atoms with Crippen LogP contribution >= 0.6 is 0 Å². The number of nitrogens with zero attached hydrogens (tertiary/aromatic N) is 6. The monoisotopic (exact) mass is 499 g/mol. The van der Waals surface area contributed by atoms with Crippen molar-refractivity contribution in [3.8, 4) is 34.7 Å². The molecular formula is C26H25N7O4. The normalized spacial score (nSPS) is 18.8. The van der Waals surface area contributed by atoms with Crippen LogP contribution in [0.15, 0.2) is 42.6 Å². The Hall–Kier alpha value is -4.41. The third-order valence-electron chi connectivity index (χ3n) is 6.97. The summed E-state index contributed by atoms with van der Waals surface area (Å²) in [6.07, 6.45) is 5.59. The first-order chi connectivity index (χ1) is 18.1. The minimum absolute atomic E-state index is 0.0743. The standard InChI is InChI=1S/C26H25N7O4/c34-17-5-6-18-20(12-17)33(23(29-18)19-7-8-21-24(30-19)37-14-36-21)22-9-10-27-26(31-22)28-16-2-1-11-32(13-16)25(35)15-3-4-15/h5-10,12,15-16,34H,1-4,11,13-14H2,(H,27,28,31)/t16-/m0/s1. The van der Waals surface area contributed by atoms with Gasteiger partial charge in [-0.15, -0.1) is 0 Å². The van der Waals surface area contributed by atoms with Crippen molar-refractivity contribution in [1.29, 1.82) is 0 Å². The van der Waals surface area contributed by atoms with Crippen molar-refractivity contribution in [2.24, 2.45) is 5.92 Å². The second kappa shape index (κ2) is 8.61. The molecular weight excluding hydrogens is 474 g/mol. The van der Waals surface area contributed by atoms with Crippen molar-refractivity contribution in [2.75, 3.05) is 25.2 Å². The van der Waals surface area contributed by atoms with Crippen LogP contribution in [0.3, 0.4) is 0 Å². The number of piperidine rings is 1. The van der Waals surface area contributed by atoms with Crippen molar-refractivity contribution < 1.29 is 19.4 Å². The van der Waals surface area contributed by atoms with Crippen molar-refractivity contribution in [3.63, 3.8) is 0 Å². The van der Waals surface area contributed by atoms with E-state index in [-0.39, 0.29) is 30.4 Å². The van der Waals surface area contributed by atoms with Crippen LogP contribution in [0.1, 0.15) is 25.7 Å². The minimum Gasteiger partial charge on any atom is -0.508 e. The highest BCUT2D eigenvalue weighted by Crippen LogP contribution is 2.35. The largest absolute Gasteiger partial charge is 0.508 e. The Bertz CT molecular complexity index is 1520. The lowest BCUT2D eigenvalue weighted by molar-refractivity contribution is -0.133. The predicted molar refractivity (Wildman–Crippen MR) is 134 cm³/mol. The predicted octanol–water partition coefficient (Wildman–Crippen LogP) is 3.12. The molecule has 5 heterocycles. The number of likely N-dealkylation sites (tertiary alicyclic amines) is 1. The van der Waals surface area contributed by atoms with Gasteiger partial charge in [-0.3, -0.25) is 9.36 Å². The van der Waals surface area contributed by atoms with Gasteiger partial charge in [0.1, 0.15) is 17.3 Å². The molecule has 2 fully saturated rings. The summed E-state index contributed by atoms with van der Waals surface area (Å²) in [5.74, 6) is 3.18. The fraction of sp³-hybridized carbons (Fsp3) is 0.346. The highest BCUT2D eigenvalue weighted by molar-refractivity contribution is 5.84. The topological polar surface area (TPSA) is 128 Å². The molecule has 7 rings (SSSR count). The van der Waals surface area contributed by atoms with E-state index in [1.54, 1.807) is 36.5 Å². The summed E-state index contributed by atoms with van der Waals surface area (Å²) < 4.78 is 12.7. The van der Waals surface area contributed by atoms with Crippen LogP contribution in [0.2, 0.25) is 0 Å². The highest BCUT2D eigenvalue weighted by atomic mass is 16.7. The lowest BCUT2D eigenvalue weighted by atomic mass is 10.1. The van der Waals surface area contributed by atoms with Crippen molar-refractivity contribution in [1.82, 2.24) is 29.4 Å². The van der Waals surface area contributed by atoms with Crippen LogP contribution in [0.4, 0.5) is 5.95 Å². The van der Waals surface area contributed by atoms with E-state index in [0.717, 1.165) is 32.2 Å². The van der Waals surface area contributed by atoms with Crippen molar-refractivity contribution in [2.45, 2.75) is 31.7 Å². The van der Waals surface area contributed by atoms with E-state index in [1.165, 1.54) is 0 Å². The maximum absolute atomic E-state index is 12.6. The third kappa shape index (κ3) is 4.05. The van der Waals surface area contributed by atoms with Gasteiger partial charge in [0, 0.05) is 37.3 Å². The average Bonchev–Trinajstić information content (AvgIpc) is 3.54. The number of benzene rings is 1. The Labute approximate surface area is 212 Å². The first kappa shape index (κ1) is 21.8. The highest BCUT2D eigenvalue weighted by Gasteiger charge is 2.35. The molecule has 11 heteroatoms. The number of ether oxygens (including phenoxy) is 2. The summed E-state index contributed by atoms with van der Waals surface area (Å²) in [5.41, 5.74) is 1.94. The molecule has 0 unspecified atom stereocenters. The summed E-state index contributed by atoms with van der Waals surface area (Å²) in [7, 11) is 0. The molecule has 1 aromatic carbocycles. The van der Waals surface area contributed by atoms with E-state index in [0.29, 0.717) is 52.5 Å². The molecule has 11 nitrogen and oxygen atoms in total. The number of pyridine rings is 1.